The Balaban J connectivity index is 1.40. The third-order valence-corrected chi connectivity index (χ3v) is 6.04. The lowest BCUT2D eigenvalue weighted by atomic mass is 10.0. The molecule has 146 valence electrons. The molecule has 1 aliphatic heterocycles. The van der Waals surface area contributed by atoms with Gasteiger partial charge in [0.05, 0.1) is 11.7 Å². The number of imidazole rings is 1. The van der Waals surface area contributed by atoms with Gasteiger partial charge < -0.3 is 14.4 Å². The van der Waals surface area contributed by atoms with E-state index < -0.39 is 6.10 Å². The van der Waals surface area contributed by atoms with Crippen molar-refractivity contribution in [3.05, 3.63) is 47.0 Å². The molecule has 0 amide bonds. The van der Waals surface area contributed by atoms with Crippen LogP contribution >= 0.6 is 0 Å². The third-order valence-electron chi connectivity index (χ3n) is 6.04. The highest BCUT2D eigenvalue weighted by Crippen LogP contribution is 2.33. The van der Waals surface area contributed by atoms with Crippen LogP contribution in [0.25, 0.3) is 0 Å². The molecule has 27 heavy (non-hydrogen) atoms. The molecular weight excluding hydrogens is 338 g/mol. The highest BCUT2D eigenvalue weighted by Gasteiger charge is 2.32. The van der Waals surface area contributed by atoms with Crippen LogP contribution in [0.5, 0.6) is 5.75 Å². The van der Waals surface area contributed by atoms with Crippen molar-refractivity contribution in [1.29, 1.82) is 0 Å². The third kappa shape index (κ3) is 3.90. The van der Waals surface area contributed by atoms with Gasteiger partial charge in [-0.1, -0.05) is 18.2 Å². The minimum atomic E-state index is -0.500. The van der Waals surface area contributed by atoms with Crippen LogP contribution in [-0.4, -0.2) is 45.4 Å². The second-order valence-corrected chi connectivity index (χ2v) is 8.01. The summed E-state index contributed by atoms with van der Waals surface area (Å²) in [5.74, 6) is 2.04. The molecule has 5 heteroatoms. The minimum Gasteiger partial charge on any atom is -0.491 e. The van der Waals surface area contributed by atoms with E-state index in [1.807, 2.05) is 31.2 Å². The van der Waals surface area contributed by atoms with Gasteiger partial charge in [0.25, 0.3) is 0 Å². The maximum absolute atomic E-state index is 10.6. The van der Waals surface area contributed by atoms with Gasteiger partial charge in [-0.05, 0) is 63.6 Å². The maximum Gasteiger partial charge on any atom is 0.126 e. The van der Waals surface area contributed by atoms with Gasteiger partial charge in [0.15, 0.2) is 0 Å². The van der Waals surface area contributed by atoms with Crippen LogP contribution in [0.2, 0.25) is 0 Å². The summed E-state index contributed by atoms with van der Waals surface area (Å²) < 4.78 is 8.17. The lowest BCUT2D eigenvalue weighted by Gasteiger charge is -2.26. The molecule has 2 aliphatic rings. The molecule has 1 aromatic carbocycles. The number of nitrogens with zero attached hydrogens (tertiary/aromatic N) is 3. The van der Waals surface area contributed by atoms with Crippen molar-refractivity contribution in [1.82, 2.24) is 14.5 Å². The fourth-order valence-corrected chi connectivity index (χ4v) is 4.57. The maximum atomic E-state index is 10.6. The predicted molar refractivity (Wildman–Crippen MR) is 106 cm³/mol. The number of aromatic nitrogens is 2. The zero-order valence-electron chi connectivity index (χ0n) is 16.5. The predicted octanol–water partition coefficient (Wildman–Crippen LogP) is 3.18. The summed E-state index contributed by atoms with van der Waals surface area (Å²) in [7, 11) is 2.17. The smallest absolute Gasteiger partial charge is 0.126 e. The summed E-state index contributed by atoms with van der Waals surface area (Å²) in [5.41, 5.74) is 3.82. The Hall–Kier alpha value is -1.85. The standard InChI is InChI=1S/C22H31N3O2/c1-16-8-3-6-12-21(16)27-15-17(26)14-25-13-7-11-20(25)22-23-18-9-4-5-10-19(18)24(22)2/h3,6,8,12,17,20,26H,4-5,7,9-11,13-15H2,1-2H3/t17-,20+/m0/s1. The van der Waals surface area contributed by atoms with Gasteiger partial charge in [-0.25, -0.2) is 4.98 Å². The summed E-state index contributed by atoms with van der Waals surface area (Å²) in [6.07, 6.45) is 6.58. The van der Waals surface area contributed by atoms with Gasteiger partial charge in [-0.3, -0.25) is 4.90 Å². The lowest BCUT2D eigenvalue weighted by molar-refractivity contribution is 0.0621. The number of aryl methyl sites for hydroxylation is 2. The van der Waals surface area contributed by atoms with E-state index in [1.165, 1.54) is 30.1 Å². The number of likely N-dealkylation sites (tertiary alicyclic amines) is 1. The summed E-state index contributed by atoms with van der Waals surface area (Å²) >= 11 is 0. The van der Waals surface area contributed by atoms with Crippen molar-refractivity contribution >= 4 is 0 Å². The van der Waals surface area contributed by atoms with E-state index in [4.69, 9.17) is 9.72 Å². The van der Waals surface area contributed by atoms with Gasteiger partial charge in [0.1, 0.15) is 24.3 Å². The molecule has 0 bridgehead atoms. The molecule has 0 saturated carbocycles. The van der Waals surface area contributed by atoms with Crippen molar-refractivity contribution in [2.75, 3.05) is 19.7 Å². The van der Waals surface area contributed by atoms with Gasteiger partial charge in [0, 0.05) is 19.3 Å². The monoisotopic (exact) mass is 369 g/mol. The zero-order valence-corrected chi connectivity index (χ0v) is 16.5. The first-order chi connectivity index (χ1) is 13.1. The van der Waals surface area contributed by atoms with Gasteiger partial charge in [-0.15, -0.1) is 0 Å². The number of ether oxygens (including phenoxy) is 1. The molecule has 2 atom stereocenters. The van der Waals surface area contributed by atoms with Crippen molar-refractivity contribution in [3.63, 3.8) is 0 Å². The molecule has 5 nitrogen and oxygen atoms in total. The molecule has 1 fully saturated rings. The Kier molecular flexibility index (Phi) is 5.50. The Morgan fingerprint density at radius 2 is 2.04 bits per heavy atom. The Bertz CT molecular complexity index is 786. The summed E-state index contributed by atoms with van der Waals surface area (Å²) in [6, 6.07) is 8.27. The number of β-amino-alcohol motifs (C(OH)–C–C–N with tert-alkyl or cyclic N) is 1. The van der Waals surface area contributed by atoms with Crippen LogP contribution in [-0.2, 0) is 19.9 Å². The number of para-hydroxylation sites is 1. The van der Waals surface area contributed by atoms with E-state index in [0.29, 0.717) is 19.2 Å². The van der Waals surface area contributed by atoms with Crippen molar-refractivity contribution in [2.45, 2.75) is 57.6 Å². The Labute approximate surface area is 162 Å². The molecule has 4 rings (SSSR count). The second kappa shape index (κ2) is 8.03. The van der Waals surface area contributed by atoms with Gasteiger partial charge >= 0.3 is 0 Å². The average molecular weight is 370 g/mol. The molecule has 2 aromatic rings. The molecule has 1 N–H and O–H groups in total. The highest BCUT2D eigenvalue weighted by molar-refractivity contribution is 5.31. The van der Waals surface area contributed by atoms with Crippen molar-refractivity contribution in [2.24, 2.45) is 7.05 Å². The summed E-state index contributed by atoms with van der Waals surface area (Å²) in [6.45, 7) is 4.00. The van der Waals surface area contributed by atoms with E-state index >= 15 is 0 Å². The molecule has 2 heterocycles. The Morgan fingerprint density at radius 3 is 2.85 bits per heavy atom. The lowest BCUT2D eigenvalue weighted by Crippen LogP contribution is -2.36. The zero-order chi connectivity index (χ0) is 18.8. The summed E-state index contributed by atoms with van der Waals surface area (Å²) in [4.78, 5) is 7.39. The molecule has 0 radical (unpaired) electrons. The first kappa shape index (κ1) is 18.5. The second-order valence-electron chi connectivity index (χ2n) is 8.01. The van der Waals surface area contributed by atoms with Crippen molar-refractivity contribution < 1.29 is 9.84 Å². The Morgan fingerprint density at radius 1 is 1.22 bits per heavy atom. The highest BCUT2D eigenvalue weighted by atomic mass is 16.5. The van der Waals surface area contributed by atoms with Gasteiger partial charge in [-0.2, -0.15) is 0 Å². The molecular formula is C22H31N3O2. The number of hydrogen-bond donors (Lipinski definition) is 1. The first-order valence-electron chi connectivity index (χ1n) is 10.3. The number of rotatable bonds is 6. The normalized spacial score (nSPS) is 21.2. The summed E-state index contributed by atoms with van der Waals surface area (Å²) in [5, 5.41) is 10.6. The number of benzene rings is 1. The fraction of sp³-hybridized carbons (Fsp3) is 0.591. The first-order valence-corrected chi connectivity index (χ1v) is 10.3. The van der Waals surface area contributed by atoms with Crippen LogP contribution in [0.3, 0.4) is 0 Å². The number of hydrogen-bond acceptors (Lipinski definition) is 4. The average Bonchev–Trinajstić information content (AvgIpc) is 3.25. The molecule has 0 spiro atoms. The molecule has 1 saturated heterocycles. The quantitative estimate of drug-likeness (QED) is 0.850. The van der Waals surface area contributed by atoms with Crippen LogP contribution in [0.4, 0.5) is 0 Å². The van der Waals surface area contributed by atoms with Crippen LogP contribution in [0, 0.1) is 6.92 Å². The molecule has 0 unspecified atom stereocenters. The van der Waals surface area contributed by atoms with E-state index in [2.05, 4.69) is 16.5 Å². The number of aliphatic hydroxyl groups excluding tert-OH is 1. The van der Waals surface area contributed by atoms with Crippen LogP contribution in [0.1, 0.15) is 54.5 Å². The minimum absolute atomic E-state index is 0.314. The van der Waals surface area contributed by atoms with Crippen molar-refractivity contribution in [3.8, 4) is 5.75 Å². The van der Waals surface area contributed by atoms with E-state index in [9.17, 15) is 5.11 Å². The largest absolute Gasteiger partial charge is 0.491 e. The topological polar surface area (TPSA) is 50.5 Å². The van der Waals surface area contributed by atoms with Crippen LogP contribution in [0.15, 0.2) is 24.3 Å². The number of aliphatic hydroxyl groups is 1. The van der Waals surface area contributed by atoms with E-state index in [0.717, 1.165) is 43.5 Å². The fourth-order valence-electron chi connectivity index (χ4n) is 4.57. The van der Waals surface area contributed by atoms with Gasteiger partial charge in [0.2, 0.25) is 0 Å². The van der Waals surface area contributed by atoms with E-state index in [-0.39, 0.29) is 0 Å². The van der Waals surface area contributed by atoms with E-state index in [1.54, 1.807) is 0 Å². The van der Waals surface area contributed by atoms with Crippen LogP contribution < -0.4 is 4.74 Å². The molecule has 1 aromatic heterocycles. The SMILES string of the molecule is Cc1ccccc1OC[C@@H](O)CN1CCC[C@@H]1c1nc2c(n1C)CCCC2. The number of fused-ring (bicyclic) bond motifs is 1. The molecule has 1 aliphatic carbocycles.